The molecular formula is C30H50O9. The molecule has 0 bridgehead atoms. The first-order valence-corrected chi connectivity index (χ1v) is 14.7. The van der Waals surface area contributed by atoms with Crippen molar-refractivity contribution in [1.29, 1.82) is 0 Å². The van der Waals surface area contributed by atoms with Crippen molar-refractivity contribution in [3.8, 4) is 17.2 Å². The zero-order valence-corrected chi connectivity index (χ0v) is 24.4. The summed E-state index contributed by atoms with van der Waals surface area (Å²) < 4.78 is 31.7. The molecule has 2 rings (SSSR count). The van der Waals surface area contributed by atoms with Crippen LogP contribution >= 0.6 is 0 Å². The van der Waals surface area contributed by atoms with Crippen LogP contribution in [0.25, 0.3) is 0 Å². The van der Waals surface area contributed by atoms with Crippen molar-refractivity contribution in [2.75, 3.05) is 33.0 Å². The van der Waals surface area contributed by atoms with Gasteiger partial charge in [-0.3, -0.25) is 4.79 Å². The molecule has 5 atom stereocenters. The van der Waals surface area contributed by atoms with Crippen LogP contribution in [0.4, 0.5) is 0 Å². The van der Waals surface area contributed by atoms with Gasteiger partial charge in [-0.15, -0.1) is 0 Å². The number of carbonyl (C=O) groups is 1. The third kappa shape index (κ3) is 9.32. The number of phenolic OH excluding ortho intramolecular Hbond substituents is 3. The van der Waals surface area contributed by atoms with E-state index in [1.54, 1.807) is 0 Å². The lowest BCUT2D eigenvalue weighted by Gasteiger charge is -2.46. The topological polar surface area (TPSA) is 124 Å². The Morgan fingerprint density at radius 3 is 1.82 bits per heavy atom. The van der Waals surface area contributed by atoms with E-state index in [1.807, 2.05) is 0 Å². The summed E-state index contributed by atoms with van der Waals surface area (Å²) in [6.45, 7) is 11.8. The van der Waals surface area contributed by atoms with Gasteiger partial charge in [0.2, 0.25) is 0 Å². The van der Waals surface area contributed by atoms with Gasteiger partial charge in [0.05, 0.1) is 12.2 Å². The molecule has 0 spiro atoms. The first-order chi connectivity index (χ1) is 18.8. The highest BCUT2D eigenvalue weighted by molar-refractivity contribution is 6.00. The lowest BCUT2D eigenvalue weighted by atomic mass is 9.88. The fraction of sp³-hybridized carbons (Fsp3) is 0.767. The monoisotopic (exact) mass is 554 g/mol. The van der Waals surface area contributed by atoms with E-state index in [4.69, 9.17) is 23.7 Å². The molecule has 9 heteroatoms. The van der Waals surface area contributed by atoms with Crippen LogP contribution < -0.4 is 0 Å². The number of ketones is 1. The van der Waals surface area contributed by atoms with Crippen LogP contribution in [-0.4, -0.2) is 78.6 Å². The highest BCUT2D eigenvalue weighted by atomic mass is 16.6. The van der Waals surface area contributed by atoms with Crippen molar-refractivity contribution in [3.63, 3.8) is 0 Å². The molecule has 3 N–H and O–H groups in total. The smallest absolute Gasteiger partial charge is 0.167 e. The van der Waals surface area contributed by atoms with E-state index in [0.29, 0.717) is 26.4 Å². The Kier molecular flexibility index (Phi) is 15.1. The van der Waals surface area contributed by atoms with Crippen molar-refractivity contribution in [2.24, 2.45) is 0 Å². The molecule has 0 saturated carbocycles. The van der Waals surface area contributed by atoms with Crippen LogP contribution in [0.5, 0.6) is 17.2 Å². The zero-order valence-electron chi connectivity index (χ0n) is 24.4. The Hall–Kier alpha value is -1.91. The number of benzene rings is 1. The zero-order chi connectivity index (χ0) is 28.8. The Morgan fingerprint density at radius 2 is 1.28 bits per heavy atom. The van der Waals surface area contributed by atoms with Gasteiger partial charge < -0.3 is 39.0 Å². The highest BCUT2D eigenvalue weighted by Gasteiger charge is 2.50. The van der Waals surface area contributed by atoms with E-state index >= 15 is 0 Å². The van der Waals surface area contributed by atoms with Gasteiger partial charge in [-0.05, 0) is 32.6 Å². The van der Waals surface area contributed by atoms with E-state index < -0.39 is 53.6 Å². The number of phenols is 3. The van der Waals surface area contributed by atoms with Crippen molar-refractivity contribution in [2.45, 2.75) is 117 Å². The van der Waals surface area contributed by atoms with Crippen molar-refractivity contribution in [1.82, 2.24) is 0 Å². The van der Waals surface area contributed by atoms with E-state index in [0.717, 1.165) is 57.4 Å². The Balaban J connectivity index is 2.60. The van der Waals surface area contributed by atoms with Gasteiger partial charge in [0.25, 0.3) is 0 Å². The molecule has 5 unspecified atom stereocenters. The molecule has 1 saturated heterocycles. The van der Waals surface area contributed by atoms with Gasteiger partial charge in [0.15, 0.2) is 5.78 Å². The first-order valence-electron chi connectivity index (χ1n) is 14.7. The van der Waals surface area contributed by atoms with Gasteiger partial charge in [0, 0.05) is 32.5 Å². The van der Waals surface area contributed by atoms with E-state index in [1.165, 1.54) is 6.92 Å². The summed E-state index contributed by atoms with van der Waals surface area (Å²) in [6, 6.07) is 1.06. The average molecular weight is 555 g/mol. The van der Waals surface area contributed by atoms with Crippen LogP contribution in [0.1, 0.15) is 108 Å². The maximum absolute atomic E-state index is 12.3. The molecule has 1 aliphatic heterocycles. The molecule has 1 aromatic carbocycles. The van der Waals surface area contributed by atoms with Crippen molar-refractivity contribution in [3.05, 3.63) is 17.2 Å². The van der Waals surface area contributed by atoms with E-state index in [2.05, 4.69) is 27.7 Å². The lowest BCUT2D eigenvalue weighted by molar-refractivity contribution is -0.268. The van der Waals surface area contributed by atoms with Crippen LogP contribution in [0.3, 0.4) is 0 Å². The SMILES string of the molecule is CCCCOCC1OC(c2c(O)cc(O)c(C(C)=O)c2O)C(OCCCC)C(OCCCC)C1OCCCC. The van der Waals surface area contributed by atoms with E-state index in [-0.39, 0.29) is 17.7 Å². The van der Waals surface area contributed by atoms with Gasteiger partial charge in [-0.1, -0.05) is 53.4 Å². The maximum atomic E-state index is 12.3. The second kappa shape index (κ2) is 17.7. The number of carbonyl (C=O) groups excluding carboxylic acids is 1. The third-order valence-electron chi connectivity index (χ3n) is 6.92. The molecule has 0 aliphatic carbocycles. The largest absolute Gasteiger partial charge is 0.507 e. The molecule has 1 heterocycles. The minimum atomic E-state index is -1.00. The number of hydrogen-bond acceptors (Lipinski definition) is 9. The standard InChI is InChI=1S/C30H50O9/c1-6-10-14-35-19-23-27(36-15-11-7-2)29(37-16-12-8-3)30(38-17-13-9-4)28(39-23)25-22(33)18-21(32)24(20(5)31)26(25)34/h18,23,27-30,32-34H,6-17,19H2,1-5H3. The molecule has 224 valence electrons. The number of ether oxygens (including phenoxy) is 5. The summed E-state index contributed by atoms with van der Waals surface area (Å²) in [5.74, 6) is -1.97. The normalized spacial score (nSPS) is 23.3. The van der Waals surface area contributed by atoms with Crippen LogP contribution in [0.15, 0.2) is 6.07 Å². The summed E-state index contributed by atoms with van der Waals surface area (Å²) in [5.41, 5.74) is -0.298. The quantitative estimate of drug-likeness (QED) is 0.143. The lowest BCUT2D eigenvalue weighted by Crippen LogP contribution is -2.58. The summed E-state index contributed by atoms with van der Waals surface area (Å²) in [5, 5.41) is 32.4. The molecule has 1 fully saturated rings. The maximum Gasteiger partial charge on any atom is 0.167 e. The molecule has 39 heavy (non-hydrogen) atoms. The highest BCUT2D eigenvalue weighted by Crippen LogP contribution is 2.47. The second-order valence-electron chi connectivity index (χ2n) is 10.2. The van der Waals surface area contributed by atoms with E-state index in [9.17, 15) is 20.1 Å². The van der Waals surface area contributed by atoms with Crippen LogP contribution in [0, 0.1) is 0 Å². The molecular weight excluding hydrogens is 504 g/mol. The number of rotatable bonds is 19. The second-order valence-corrected chi connectivity index (χ2v) is 10.2. The average Bonchev–Trinajstić information content (AvgIpc) is 2.88. The third-order valence-corrected chi connectivity index (χ3v) is 6.92. The Morgan fingerprint density at radius 1 is 0.769 bits per heavy atom. The number of aromatic hydroxyl groups is 3. The number of unbranched alkanes of at least 4 members (excludes halogenated alkanes) is 4. The molecule has 0 radical (unpaired) electrons. The number of Topliss-reactive ketones (excluding diaryl/α,β-unsaturated/α-hetero) is 1. The van der Waals surface area contributed by atoms with Gasteiger partial charge >= 0.3 is 0 Å². The summed E-state index contributed by atoms with van der Waals surface area (Å²) >= 11 is 0. The summed E-state index contributed by atoms with van der Waals surface area (Å²) in [4.78, 5) is 12.3. The molecule has 0 amide bonds. The minimum Gasteiger partial charge on any atom is -0.507 e. The fourth-order valence-electron chi connectivity index (χ4n) is 4.68. The Bertz CT molecular complexity index is 859. The molecule has 1 aromatic rings. The molecule has 0 aromatic heterocycles. The summed E-state index contributed by atoms with van der Waals surface area (Å²) in [7, 11) is 0. The van der Waals surface area contributed by atoms with Crippen LogP contribution in [0.2, 0.25) is 0 Å². The first kappa shape index (κ1) is 33.3. The fourth-order valence-corrected chi connectivity index (χ4v) is 4.68. The predicted octanol–water partition coefficient (Wildman–Crippen LogP) is 5.82. The number of hydrogen-bond donors (Lipinski definition) is 3. The molecule has 9 nitrogen and oxygen atoms in total. The Labute approximate surface area is 233 Å². The molecule has 1 aliphatic rings. The van der Waals surface area contributed by atoms with Gasteiger partial charge in [-0.2, -0.15) is 0 Å². The van der Waals surface area contributed by atoms with Crippen molar-refractivity contribution < 1.29 is 43.8 Å². The van der Waals surface area contributed by atoms with Crippen LogP contribution in [-0.2, 0) is 23.7 Å². The van der Waals surface area contributed by atoms with Crippen molar-refractivity contribution >= 4 is 5.78 Å². The predicted molar refractivity (Wildman–Crippen MR) is 149 cm³/mol. The van der Waals surface area contributed by atoms with Gasteiger partial charge in [0.1, 0.15) is 53.3 Å². The van der Waals surface area contributed by atoms with Gasteiger partial charge in [-0.25, -0.2) is 0 Å². The summed E-state index contributed by atoms with van der Waals surface area (Å²) in [6.07, 6.45) is 3.78. The minimum absolute atomic E-state index is 0.0193.